The van der Waals surface area contributed by atoms with Crippen molar-refractivity contribution in [1.29, 1.82) is 0 Å². The van der Waals surface area contributed by atoms with Crippen LogP contribution in [0.4, 0.5) is 0 Å². The largest absolute Gasteiger partial charge is 0.707 e. The summed E-state index contributed by atoms with van der Waals surface area (Å²) in [6.45, 7) is -0.00444. The standard InChI is InChI=1S/C10H14BNO6/c1-17-9-6-7(10(14)12-4-5-13)2-3-8(9)18-11(15)16/h2-3,6,13,15-16H,4-5H2,1H3,(H,12,14). The predicted octanol–water partition coefficient (Wildman–Crippen LogP) is -1.23. The van der Waals surface area contributed by atoms with Crippen LogP contribution in [0.15, 0.2) is 18.2 Å². The van der Waals surface area contributed by atoms with Crippen LogP contribution in [0.25, 0.3) is 0 Å². The van der Waals surface area contributed by atoms with E-state index in [-0.39, 0.29) is 30.6 Å². The van der Waals surface area contributed by atoms with Gasteiger partial charge in [0.1, 0.15) is 5.75 Å². The molecule has 0 aliphatic heterocycles. The zero-order valence-electron chi connectivity index (χ0n) is 9.79. The summed E-state index contributed by atoms with van der Waals surface area (Å²) >= 11 is 0. The Balaban J connectivity index is 2.87. The summed E-state index contributed by atoms with van der Waals surface area (Å²) in [5.74, 6) is -0.0793. The number of methoxy groups -OCH3 is 1. The summed E-state index contributed by atoms with van der Waals surface area (Å²) in [4.78, 5) is 11.6. The number of aliphatic hydroxyl groups excluding tert-OH is 1. The highest BCUT2D eigenvalue weighted by atomic mass is 16.6. The lowest BCUT2D eigenvalue weighted by atomic mass is 10.1. The molecule has 0 radical (unpaired) electrons. The van der Waals surface area contributed by atoms with Crippen molar-refractivity contribution in [1.82, 2.24) is 5.32 Å². The van der Waals surface area contributed by atoms with Gasteiger partial charge in [-0.1, -0.05) is 0 Å². The quantitative estimate of drug-likeness (QED) is 0.474. The molecule has 4 N–H and O–H groups in total. The number of benzene rings is 1. The van der Waals surface area contributed by atoms with Crippen molar-refractivity contribution in [3.8, 4) is 11.5 Å². The summed E-state index contributed by atoms with van der Waals surface area (Å²) in [6.07, 6.45) is 0. The third-order valence-electron chi connectivity index (χ3n) is 2.06. The van der Waals surface area contributed by atoms with Crippen LogP contribution in [0, 0.1) is 0 Å². The molecule has 0 saturated carbocycles. The first-order valence-electron chi connectivity index (χ1n) is 5.18. The van der Waals surface area contributed by atoms with Gasteiger partial charge in [-0.05, 0) is 18.2 Å². The van der Waals surface area contributed by atoms with Crippen molar-refractivity contribution in [3.63, 3.8) is 0 Å². The molecule has 98 valence electrons. The molecule has 18 heavy (non-hydrogen) atoms. The maximum absolute atomic E-state index is 11.6. The van der Waals surface area contributed by atoms with Crippen molar-refractivity contribution in [2.45, 2.75) is 0 Å². The zero-order valence-corrected chi connectivity index (χ0v) is 9.79. The summed E-state index contributed by atoms with van der Waals surface area (Å²) in [5.41, 5.74) is 0.306. The van der Waals surface area contributed by atoms with Gasteiger partial charge in [0, 0.05) is 12.1 Å². The van der Waals surface area contributed by atoms with E-state index in [0.717, 1.165) is 0 Å². The minimum Gasteiger partial charge on any atom is -0.509 e. The number of hydrogen-bond donors (Lipinski definition) is 4. The van der Waals surface area contributed by atoms with Crippen molar-refractivity contribution < 1.29 is 29.3 Å². The van der Waals surface area contributed by atoms with E-state index in [4.69, 9.17) is 19.9 Å². The highest BCUT2D eigenvalue weighted by Crippen LogP contribution is 2.28. The first-order chi connectivity index (χ1) is 8.58. The summed E-state index contributed by atoms with van der Waals surface area (Å²) in [6, 6.07) is 4.21. The Morgan fingerprint density at radius 1 is 1.39 bits per heavy atom. The molecule has 0 aliphatic rings. The first-order valence-corrected chi connectivity index (χ1v) is 5.18. The van der Waals surface area contributed by atoms with Crippen LogP contribution in [-0.4, -0.2) is 48.6 Å². The van der Waals surface area contributed by atoms with Gasteiger partial charge in [0.05, 0.1) is 13.7 Å². The van der Waals surface area contributed by atoms with Crippen LogP contribution >= 0.6 is 0 Å². The molecule has 0 saturated heterocycles. The molecule has 0 aromatic heterocycles. The highest BCUT2D eigenvalue weighted by molar-refractivity contribution is 6.33. The molecule has 0 heterocycles. The average molecular weight is 255 g/mol. The van der Waals surface area contributed by atoms with Crippen molar-refractivity contribution in [2.24, 2.45) is 0 Å². The number of aliphatic hydroxyl groups is 1. The molecular formula is C10H14BNO6. The fourth-order valence-corrected chi connectivity index (χ4v) is 1.29. The topological polar surface area (TPSA) is 108 Å². The fraction of sp³-hybridized carbons (Fsp3) is 0.300. The predicted molar refractivity (Wildman–Crippen MR) is 63.2 cm³/mol. The maximum Gasteiger partial charge on any atom is 0.707 e. The minimum absolute atomic E-state index is 0.103. The van der Waals surface area contributed by atoms with Crippen LogP contribution < -0.4 is 14.7 Å². The molecule has 1 rings (SSSR count). The number of carbonyl (C=O) groups is 1. The zero-order chi connectivity index (χ0) is 13.5. The molecule has 0 unspecified atom stereocenters. The van der Waals surface area contributed by atoms with Crippen molar-refractivity contribution >= 4 is 13.2 Å². The molecule has 0 bridgehead atoms. The van der Waals surface area contributed by atoms with Gasteiger partial charge < -0.3 is 29.9 Å². The lowest BCUT2D eigenvalue weighted by molar-refractivity contribution is 0.0944. The number of hydrogen-bond acceptors (Lipinski definition) is 6. The van der Waals surface area contributed by atoms with Gasteiger partial charge in [-0.15, -0.1) is 0 Å². The molecule has 1 aromatic carbocycles. The number of rotatable bonds is 6. The van der Waals surface area contributed by atoms with Crippen LogP contribution in [0.2, 0.25) is 0 Å². The van der Waals surface area contributed by atoms with Crippen LogP contribution in [0.5, 0.6) is 11.5 Å². The summed E-state index contributed by atoms with van der Waals surface area (Å²) in [5, 5.41) is 28.4. The number of amides is 1. The molecule has 1 aromatic rings. The lowest BCUT2D eigenvalue weighted by Crippen LogP contribution is -2.26. The van der Waals surface area contributed by atoms with E-state index in [1.807, 2.05) is 0 Å². The van der Waals surface area contributed by atoms with E-state index in [9.17, 15) is 4.79 Å². The Bertz CT molecular complexity index is 411. The second-order valence-corrected chi connectivity index (χ2v) is 3.29. The second-order valence-electron chi connectivity index (χ2n) is 3.29. The Hall–Kier alpha value is -1.77. The van der Waals surface area contributed by atoms with Crippen LogP contribution in [0.1, 0.15) is 10.4 Å². The van der Waals surface area contributed by atoms with Gasteiger partial charge in [-0.25, -0.2) is 0 Å². The number of ether oxygens (including phenoxy) is 1. The SMILES string of the molecule is COc1cc(C(=O)NCCO)ccc1OB(O)O. The first kappa shape index (κ1) is 14.3. The lowest BCUT2D eigenvalue weighted by Gasteiger charge is -2.11. The smallest absolute Gasteiger partial charge is 0.509 e. The normalized spacial score (nSPS) is 9.78. The Morgan fingerprint density at radius 2 is 2.11 bits per heavy atom. The summed E-state index contributed by atoms with van der Waals surface area (Å²) < 4.78 is 9.63. The highest BCUT2D eigenvalue weighted by Gasteiger charge is 2.16. The molecule has 0 atom stereocenters. The van der Waals surface area contributed by atoms with E-state index in [0.29, 0.717) is 5.56 Å². The molecule has 0 aliphatic carbocycles. The third kappa shape index (κ3) is 3.92. The number of carbonyl (C=O) groups excluding carboxylic acids is 1. The molecule has 1 amide bonds. The van der Waals surface area contributed by atoms with Gasteiger partial charge >= 0.3 is 7.32 Å². The Labute approximate surface area is 104 Å². The molecule has 8 heteroatoms. The van der Waals surface area contributed by atoms with Crippen LogP contribution in [-0.2, 0) is 0 Å². The third-order valence-corrected chi connectivity index (χ3v) is 2.06. The Kier molecular flexibility index (Phi) is 5.44. The van der Waals surface area contributed by atoms with Crippen LogP contribution in [0.3, 0.4) is 0 Å². The van der Waals surface area contributed by atoms with E-state index in [1.54, 1.807) is 0 Å². The van der Waals surface area contributed by atoms with Gasteiger partial charge in [-0.3, -0.25) is 4.79 Å². The molecule has 0 fully saturated rings. The molecule has 7 nitrogen and oxygen atoms in total. The maximum atomic E-state index is 11.6. The fourth-order valence-electron chi connectivity index (χ4n) is 1.29. The molecular weight excluding hydrogens is 241 g/mol. The second kappa shape index (κ2) is 6.85. The Morgan fingerprint density at radius 3 is 2.67 bits per heavy atom. The van der Waals surface area contributed by atoms with E-state index in [1.165, 1.54) is 25.3 Å². The van der Waals surface area contributed by atoms with Gasteiger partial charge in [0.2, 0.25) is 0 Å². The van der Waals surface area contributed by atoms with Gasteiger partial charge in [0.25, 0.3) is 5.91 Å². The van der Waals surface area contributed by atoms with Gasteiger partial charge in [-0.2, -0.15) is 0 Å². The van der Waals surface area contributed by atoms with Gasteiger partial charge in [0.15, 0.2) is 5.75 Å². The monoisotopic (exact) mass is 255 g/mol. The van der Waals surface area contributed by atoms with E-state index in [2.05, 4.69) is 9.97 Å². The molecule has 0 spiro atoms. The average Bonchev–Trinajstić information content (AvgIpc) is 2.35. The van der Waals surface area contributed by atoms with Crippen molar-refractivity contribution in [3.05, 3.63) is 23.8 Å². The minimum atomic E-state index is -1.96. The van der Waals surface area contributed by atoms with E-state index < -0.39 is 7.32 Å². The number of nitrogens with one attached hydrogen (secondary N) is 1. The summed E-state index contributed by atoms with van der Waals surface area (Å²) in [7, 11) is -0.602. The van der Waals surface area contributed by atoms with E-state index >= 15 is 0 Å². The van der Waals surface area contributed by atoms with Crippen molar-refractivity contribution in [2.75, 3.05) is 20.3 Å².